The van der Waals surface area contributed by atoms with E-state index in [1.807, 2.05) is 36.4 Å². The molecule has 0 unspecified atom stereocenters. The summed E-state index contributed by atoms with van der Waals surface area (Å²) in [6, 6.07) is 12.2. The molecule has 0 aliphatic carbocycles. The van der Waals surface area contributed by atoms with Gasteiger partial charge in [-0.1, -0.05) is 51.1 Å². The third-order valence-corrected chi connectivity index (χ3v) is 2.93. The summed E-state index contributed by atoms with van der Waals surface area (Å²) in [5, 5.41) is 3.35. The number of hydrogen-bond donors (Lipinski definition) is 1. The molecule has 1 aromatic carbocycles. The van der Waals surface area contributed by atoms with Gasteiger partial charge in [0, 0.05) is 23.9 Å². The smallest absolute Gasteiger partial charge is 0.161 e. The number of anilines is 1. The molecule has 0 amide bonds. The summed E-state index contributed by atoms with van der Waals surface area (Å²) in [6.07, 6.45) is 1.09. The molecule has 0 saturated carbocycles. The van der Waals surface area contributed by atoms with Gasteiger partial charge in [-0.25, -0.2) is 9.97 Å². The van der Waals surface area contributed by atoms with Gasteiger partial charge in [-0.15, -0.1) is 0 Å². The van der Waals surface area contributed by atoms with Gasteiger partial charge < -0.3 is 5.32 Å². The second-order valence-corrected chi connectivity index (χ2v) is 4.95. The van der Waals surface area contributed by atoms with Crippen LogP contribution in [-0.4, -0.2) is 16.5 Å². The topological polar surface area (TPSA) is 37.8 Å². The Morgan fingerprint density at radius 2 is 1.84 bits per heavy atom. The third-order valence-electron chi connectivity index (χ3n) is 2.93. The summed E-state index contributed by atoms with van der Waals surface area (Å²) in [7, 11) is 0. The maximum absolute atomic E-state index is 4.66. The Labute approximate surface area is 115 Å². The lowest BCUT2D eigenvalue weighted by Gasteiger charge is -2.11. The van der Waals surface area contributed by atoms with E-state index in [9.17, 15) is 0 Å². The maximum Gasteiger partial charge on any atom is 0.161 e. The lowest BCUT2D eigenvalue weighted by Crippen LogP contribution is -2.06. The molecule has 0 radical (unpaired) electrons. The number of nitrogens with zero attached hydrogens (tertiary/aromatic N) is 2. The first-order valence-corrected chi connectivity index (χ1v) is 6.89. The quantitative estimate of drug-likeness (QED) is 0.874. The van der Waals surface area contributed by atoms with E-state index < -0.39 is 0 Å². The van der Waals surface area contributed by atoms with Crippen LogP contribution < -0.4 is 5.32 Å². The van der Waals surface area contributed by atoms with E-state index in [0.717, 1.165) is 35.9 Å². The van der Waals surface area contributed by atoms with Crippen LogP contribution in [0.4, 0.5) is 5.82 Å². The van der Waals surface area contributed by atoms with Crippen molar-refractivity contribution in [2.75, 3.05) is 11.9 Å². The fourth-order valence-electron chi connectivity index (χ4n) is 1.82. The van der Waals surface area contributed by atoms with Crippen molar-refractivity contribution in [3.05, 3.63) is 42.1 Å². The summed E-state index contributed by atoms with van der Waals surface area (Å²) < 4.78 is 0. The SMILES string of the molecule is CCCNc1cc(C(C)C)nc(-c2ccccc2)n1. The van der Waals surface area contributed by atoms with Crippen LogP contribution in [0.25, 0.3) is 11.4 Å². The highest BCUT2D eigenvalue weighted by atomic mass is 15.0. The van der Waals surface area contributed by atoms with Crippen LogP contribution >= 0.6 is 0 Å². The van der Waals surface area contributed by atoms with Crippen molar-refractivity contribution in [1.82, 2.24) is 9.97 Å². The minimum Gasteiger partial charge on any atom is -0.370 e. The minimum absolute atomic E-state index is 0.396. The highest BCUT2D eigenvalue weighted by Gasteiger charge is 2.08. The lowest BCUT2D eigenvalue weighted by molar-refractivity contribution is 0.816. The van der Waals surface area contributed by atoms with E-state index in [4.69, 9.17) is 0 Å². The molecule has 0 saturated heterocycles. The van der Waals surface area contributed by atoms with Gasteiger partial charge in [0.15, 0.2) is 5.82 Å². The summed E-state index contributed by atoms with van der Waals surface area (Å²) in [4.78, 5) is 9.26. The first-order valence-electron chi connectivity index (χ1n) is 6.89. The van der Waals surface area contributed by atoms with Gasteiger partial charge in [0.05, 0.1) is 0 Å². The Bertz CT molecular complexity index is 521. The Balaban J connectivity index is 2.39. The van der Waals surface area contributed by atoms with Crippen molar-refractivity contribution < 1.29 is 0 Å². The molecule has 100 valence electrons. The second kappa shape index (κ2) is 6.32. The van der Waals surface area contributed by atoms with Crippen LogP contribution in [0.5, 0.6) is 0 Å². The standard InChI is InChI=1S/C16H21N3/c1-4-10-17-15-11-14(12(2)3)18-16(19-15)13-8-6-5-7-9-13/h5-9,11-12H,4,10H2,1-3H3,(H,17,18,19). The second-order valence-electron chi connectivity index (χ2n) is 4.95. The Kier molecular flexibility index (Phi) is 4.50. The van der Waals surface area contributed by atoms with Crippen molar-refractivity contribution in [3.8, 4) is 11.4 Å². The predicted molar refractivity (Wildman–Crippen MR) is 80.3 cm³/mol. The highest BCUT2D eigenvalue weighted by molar-refractivity contribution is 5.57. The molecule has 0 atom stereocenters. The number of rotatable bonds is 5. The normalized spacial score (nSPS) is 10.7. The Morgan fingerprint density at radius 3 is 2.47 bits per heavy atom. The molecular formula is C16H21N3. The van der Waals surface area contributed by atoms with Crippen LogP contribution in [0.2, 0.25) is 0 Å². The van der Waals surface area contributed by atoms with Crippen LogP contribution in [0, 0.1) is 0 Å². The average Bonchev–Trinajstić information content (AvgIpc) is 2.45. The van der Waals surface area contributed by atoms with E-state index in [1.54, 1.807) is 0 Å². The van der Waals surface area contributed by atoms with Gasteiger partial charge in [-0.05, 0) is 12.3 Å². The lowest BCUT2D eigenvalue weighted by atomic mass is 10.1. The van der Waals surface area contributed by atoms with Crippen molar-refractivity contribution in [2.45, 2.75) is 33.1 Å². The highest BCUT2D eigenvalue weighted by Crippen LogP contribution is 2.21. The number of hydrogen-bond acceptors (Lipinski definition) is 3. The first kappa shape index (κ1) is 13.5. The van der Waals surface area contributed by atoms with Gasteiger partial charge in [0.25, 0.3) is 0 Å². The van der Waals surface area contributed by atoms with Crippen LogP contribution in [0.3, 0.4) is 0 Å². The molecule has 2 rings (SSSR count). The largest absolute Gasteiger partial charge is 0.370 e. The van der Waals surface area contributed by atoms with Crippen molar-refractivity contribution in [2.24, 2.45) is 0 Å². The summed E-state index contributed by atoms with van der Waals surface area (Å²) >= 11 is 0. The molecule has 0 aliphatic heterocycles. The molecule has 1 aromatic heterocycles. The van der Waals surface area contributed by atoms with Crippen LogP contribution in [0.15, 0.2) is 36.4 Å². The molecular weight excluding hydrogens is 234 g/mol. The van der Waals surface area contributed by atoms with E-state index >= 15 is 0 Å². The zero-order valence-electron chi connectivity index (χ0n) is 11.9. The van der Waals surface area contributed by atoms with E-state index in [0.29, 0.717) is 5.92 Å². The van der Waals surface area contributed by atoms with Gasteiger partial charge in [-0.2, -0.15) is 0 Å². The Hall–Kier alpha value is -1.90. The Morgan fingerprint density at radius 1 is 1.11 bits per heavy atom. The molecule has 3 heteroatoms. The van der Waals surface area contributed by atoms with E-state index in [-0.39, 0.29) is 0 Å². The molecule has 0 spiro atoms. The molecule has 3 nitrogen and oxygen atoms in total. The first-order chi connectivity index (χ1) is 9.20. The van der Waals surface area contributed by atoms with Gasteiger partial charge in [-0.3, -0.25) is 0 Å². The van der Waals surface area contributed by atoms with Gasteiger partial charge in [0.2, 0.25) is 0 Å². The number of aromatic nitrogens is 2. The number of benzene rings is 1. The van der Waals surface area contributed by atoms with Gasteiger partial charge >= 0.3 is 0 Å². The van der Waals surface area contributed by atoms with E-state index in [2.05, 4.69) is 36.1 Å². The zero-order valence-corrected chi connectivity index (χ0v) is 11.9. The molecule has 1 N–H and O–H groups in total. The summed E-state index contributed by atoms with van der Waals surface area (Å²) in [5.41, 5.74) is 2.14. The molecule has 1 heterocycles. The van der Waals surface area contributed by atoms with Gasteiger partial charge in [0.1, 0.15) is 5.82 Å². The van der Waals surface area contributed by atoms with Crippen molar-refractivity contribution in [1.29, 1.82) is 0 Å². The fourth-order valence-corrected chi connectivity index (χ4v) is 1.82. The van der Waals surface area contributed by atoms with Crippen LogP contribution in [0.1, 0.15) is 38.8 Å². The fraction of sp³-hybridized carbons (Fsp3) is 0.375. The third kappa shape index (κ3) is 3.53. The van der Waals surface area contributed by atoms with E-state index in [1.165, 1.54) is 0 Å². The minimum atomic E-state index is 0.396. The predicted octanol–water partition coefficient (Wildman–Crippen LogP) is 4.09. The molecule has 0 aliphatic rings. The molecule has 19 heavy (non-hydrogen) atoms. The maximum atomic E-state index is 4.66. The van der Waals surface area contributed by atoms with Crippen molar-refractivity contribution in [3.63, 3.8) is 0 Å². The molecule has 2 aromatic rings. The molecule has 0 fully saturated rings. The number of nitrogens with one attached hydrogen (secondary N) is 1. The summed E-state index contributed by atoms with van der Waals surface area (Å²) in [5.74, 6) is 2.11. The molecule has 0 bridgehead atoms. The monoisotopic (exact) mass is 255 g/mol. The summed E-state index contributed by atoms with van der Waals surface area (Å²) in [6.45, 7) is 7.39. The average molecular weight is 255 g/mol. The van der Waals surface area contributed by atoms with Crippen LogP contribution in [-0.2, 0) is 0 Å². The van der Waals surface area contributed by atoms with Crippen molar-refractivity contribution >= 4 is 5.82 Å². The zero-order chi connectivity index (χ0) is 13.7.